The summed E-state index contributed by atoms with van der Waals surface area (Å²) in [5.74, 6) is 0.249. The van der Waals surface area contributed by atoms with Crippen molar-refractivity contribution in [3.63, 3.8) is 0 Å². The van der Waals surface area contributed by atoms with Crippen LogP contribution in [-0.2, 0) is 4.79 Å². The van der Waals surface area contributed by atoms with Gasteiger partial charge in [0.2, 0.25) is 0 Å². The van der Waals surface area contributed by atoms with Crippen LogP contribution < -0.4 is 5.32 Å². The molecule has 5 nitrogen and oxygen atoms in total. The maximum Gasteiger partial charge on any atom is 0.399 e. The Balaban J connectivity index is 2.22. The van der Waals surface area contributed by atoms with Crippen LogP contribution in [0.25, 0.3) is 0 Å². The molecule has 22 heavy (non-hydrogen) atoms. The maximum absolute atomic E-state index is 12.5. The van der Waals surface area contributed by atoms with E-state index < -0.39 is 0 Å². The second kappa shape index (κ2) is 6.96. The maximum atomic E-state index is 12.5. The fourth-order valence-electron chi connectivity index (χ4n) is 2.23. The Morgan fingerprint density at radius 1 is 1.64 bits per heavy atom. The number of allylic oxidation sites excluding steroid dienone is 3. The van der Waals surface area contributed by atoms with E-state index in [1.807, 2.05) is 26.0 Å². The first kappa shape index (κ1) is 15.9. The van der Waals surface area contributed by atoms with Crippen molar-refractivity contribution < 1.29 is 9.37 Å². The van der Waals surface area contributed by atoms with Gasteiger partial charge in [-0.15, -0.1) is 5.73 Å². The quantitative estimate of drug-likeness (QED) is 0.483. The third kappa shape index (κ3) is 3.38. The molecule has 0 fully saturated rings. The largest absolute Gasteiger partial charge is 0.399 e. The Hall–Kier alpha value is -2.52. The highest BCUT2D eigenvalue weighted by Gasteiger charge is 2.33. The van der Waals surface area contributed by atoms with Crippen LogP contribution >= 0.6 is 0 Å². The number of hydrogen-bond donors (Lipinski definition) is 1. The molecule has 0 saturated heterocycles. The highest BCUT2D eigenvalue weighted by atomic mass is 16.2. The monoisotopic (exact) mass is 297 g/mol. The molecule has 2 aliphatic heterocycles. The average molecular weight is 297 g/mol. The van der Waals surface area contributed by atoms with Crippen molar-refractivity contribution in [2.75, 3.05) is 0 Å². The lowest BCUT2D eigenvalue weighted by molar-refractivity contribution is -0.330. The molecule has 1 amide bonds. The van der Waals surface area contributed by atoms with Crippen LogP contribution in [0.4, 0.5) is 0 Å². The van der Waals surface area contributed by atoms with E-state index in [1.165, 1.54) is 4.58 Å². The number of carbonyl (C=O) groups is 1. The summed E-state index contributed by atoms with van der Waals surface area (Å²) in [4.78, 5) is 21.2. The molecule has 2 rings (SSSR count). The van der Waals surface area contributed by atoms with Crippen LogP contribution in [0.2, 0.25) is 0 Å². The van der Waals surface area contributed by atoms with E-state index in [4.69, 9.17) is 0 Å². The molecule has 0 bridgehead atoms. The van der Waals surface area contributed by atoms with Crippen molar-refractivity contribution in [1.82, 2.24) is 5.32 Å². The van der Waals surface area contributed by atoms with Crippen molar-refractivity contribution >= 4 is 24.8 Å². The van der Waals surface area contributed by atoms with Crippen molar-refractivity contribution in [2.45, 2.75) is 39.7 Å². The number of nitrogens with one attached hydrogen (secondary N) is 1. The number of hydrogen-bond acceptors (Lipinski definition) is 4. The molecule has 2 heterocycles. The lowest BCUT2D eigenvalue weighted by atomic mass is 10.1. The molecule has 0 aromatic heterocycles. The molecular weight excluding hydrogens is 276 g/mol. The number of guanidine groups is 1. The zero-order valence-corrected chi connectivity index (χ0v) is 13.3. The predicted octanol–water partition coefficient (Wildman–Crippen LogP) is 2.33. The number of rotatable bonds is 2. The minimum absolute atomic E-state index is 0.131. The summed E-state index contributed by atoms with van der Waals surface area (Å²) in [6.07, 6.45) is 8.50. The van der Waals surface area contributed by atoms with E-state index >= 15 is 0 Å². The zero-order valence-electron chi connectivity index (χ0n) is 13.3. The summed E-state index contributed by atoms with van der Waals surface area (Å²) < 4.78 is 1.29. The summed E-state index contributed by atoms with van der Waals surface area (Å²) in [5, 5.41) is 3.22. The predicted molar refractivity (Wildman–Crippen MR) is 89.3 cm³/mol. The molecule has 0 aromatic rings. The Labute approximate surface area is 130 Å². The molecule has 0 radical (unpaired) electrons. The van der Waals surface area contributed by atoms with Gasteiger partial charge in [0, 0.05) is 25.0 Å². The van der Waals surface area contributed by atoms with Gasteiger partial charge in [-0.05, 0) is 38.5 Å². The Morgan fingerprint density at radius 2 is 2.41 bits per heavy atom. The number of nitrogens with zero attached hydrogens (tertiary/aromatic N) is 3. The Bertz CT molecular complexity index is 685. The van der Waals surface area contributed by atoms with E-state index in [1.54, 1.807) is 12.3 Å². The van der Waals surface area contributed by atoms with E-state index in [2.05, 4.69) is 34.7 Å². The topological polar surface area (TPSA) is 56.8 Å². The van der Waals surface area contributed by atoms with Gasteiger partial charge >= 0.3 is 11.9 Å². The molecule has 1 N–H and O–H groups in total. The lowest BCUT2D eigenvalue weighted by Crippen LogP contribution is -2.39. The van der Waals surface area contributed by atoms with E-state index in [0.29, 0.717) is 18.0 Å². The molecule has 2 aliphatic rings. The van der Waals surface area contributed by atoms with Gasteiger partial charge < -0.3 is 0 Å². The third-order valence-corrected chi connectivity index (χ3v) is 3.53. The summed E-state index contributed by atoms with van der Waals surface area (Å²) in [5.41, 5.74) is 5.33. The summed E-state index contributed by atoms with van der Waals surface area (Å²) in [7, 11) is 0. The second-order valence-corrected chi connectivity index (χ2v) is 5.10. The fraction of sp³-hybridized carbons (Fsp3) is 0.353. The van der Waals surface area contributed by atoms with Gasteiger partial charge in [0.15, 0.2) is 5.70 Å². The highest BCUT2D eigenvalue weighted by Crippen LogP contribution is 2.15. The number of aliphatic imine (C=N–C) groups is 2. The minimum atomic E-state index is -0.228. The van der Waals surface area contributed by atoms with Crippen LogP contribution in [0.3, 0.4) is 0 Å². The first-order valence-electron chi connectivity index (χ1n) is 7.38. The SMILES string of the molecule is C=[N+](C(=O)C1=C=C/C=C(C)\N=C/C1)C1=N/C(=C/C)C(CC)N1. The second-order valence-electron chi connectivity index (χ2n) is 5.10. The zero-order chi connectivity index (χ0) is 16.1. The molecule has 0 aromatic carbocycles. The van der Waals surface area contributed by atoms with Crippen molar-refractivity contribution in [1.29, 1.82) is 0 Å². The first-order valence-corrected chi connectivity index (χ1v) is 7.38. The highest BCUT2D eigenvalue weighted by molar-refractivity contribution is 5.98. The molecule has 1 atom stereocenters. The van der Waals surface area contributed by atoms with Gasteiger partial charge in [0.1, 0.15) is 6.04 Å². The summed E-state index contributed by atoms with van der Waals surface area (Å²) >= 11 is 0. The van der Waals surface area contributed by atoms with Crippen LogP contribution in [0, 0.1) is 0 Å². The van der Waals surface area contributed by atoms with Gasteiger partial charge in [-0.25, -0.2) is 4.79 Å². The number of amides is 1. The standard InChI is InChI=1S/C17H21N4O/c1-5-14-15(6-2)20-17(19-14)21(4)16(22)13-9-7-8-12(3)18-11-10-13/h5,7-8,11,15H,4,6,10H2,1-3H3,(H,19,20)/q+1/b12-8-,14-5+,18-11-. The lowest BCUT2D eigenvalue weighted by Gasteiger charge is -2.06. The molecule has 114 valence electrons. The van der Waals surface area contributed by atoms with Crippen LogP contribution in [0.1, 0.15) is 33.6 Å². The first-order chi connectivity index (χ1) is 10.6. The smallest absolute Gasteiger partial charge is 0.266 e. The van der Waals surface area contributed by atoms with Crippen LogP contribution in [0.5, 0.6) is 0 Å². The minimum Gasteiger partial charge on any atom is -0.266 e. The van der Waals surface area contributed by atoms with Crippen molar-refractivity contribution in [3.8, 4) is 0 Å². The summed E-state index contributed by atoms with van der Waals surface area (Å²) in [6.45, 7) is 9.74. The molecule has 0 aliphatic carbocycles. The number of carbonyl (C=O) groups excluding carboxylic acids is 1. The molecule has 5 heteroatoms. The van der Waals surface area contributed by atoms with Gasteiger partial charge in [0.25, 0.3) is 0 Å². The van der Waals surface area contributed by atoms with Crippen LogP contribution in [0.15, 0.2) is 50.9 Å². The van der Waals surface area contributed by atoms with Crippen LogP contribution in [-0.4, -0.2) is 35.4 Å². The molecule has 0 saturated carbocycles. The Kier molecular flexibility index (Phi) is 5.02. The van der Waals surface area contributed by atoms with Crippen molar-refractivity contribution in [2.24, 2.45) is 9.98 Å². The van der Waals surface area contributed by atoms with E-state index in [-0.39, 0.29) is 11.9 Å². The molecular formula is C17H21N4O+. The van der Waals surface area contributed by atoms with Gasteiger partial charge in [-0.1, -0.05) is 11.9 Å². The fourth-order valence-corrected chi connectivity index (χ4v) is 2.23. The average Bonchev–Trinajstić information content (AvgIpc) is 2.92. The molecule has 1 unspecified atom stereocenters. The van der Waals surface area contributed by atoms with E-state index in [9.17, 15) is 4.79 Å². The Morgan fingerprint density at radius 3 is 3.05 bits per heavy atom. The van der Waals surface area contributed by atoms with Gasteiger partial charge in [0.05, 0.1) is 5.57 Å². The molecule has 0 spiro atoms. The normalized spacial score (nSPS) is 26.2. The van der Waals surface area contributed by atoms with E-state index in [0.717, 1.165) is 17.8 Å². The van der Waals surface area contributed by atoms with Crippen molar-refractivity contribution in [3.05, 3.63) is 40.9 Å². The van der Waals surface area contributed by atoms with Gasteiger partial charge in [-0.2, -0.15) is 4.58 Å². The summed E-state index contributed by atoms with van der Waals surface area (Å²) in [6, 6.07) is 0.131. The third-order valence-electron chi connectivity index (χ3n) is 3.53. The van der Waals surface area contributed by atoms with Gasteiger partial charge in [-0.3, -0.25) is 10.3 Å².